The van der Waals surface area contributed by atoms with Gasteiger partial charge in [0.05, 0.1) is 5.75 Å². The van der Waals surface area contributed by atoms with E-state index in [9.17, 15) is 4.79 Å². The van der Waals surface area contributed by atoms with Gasteiger partial charge in [-0.3, -0.25) is 4.79 Å². The number of amides is 1. The fourth-order valence-electron chi connectivity index (χ4n) is 3.58. The molecule has 0 unspecified atom stereocenters. The molecule has 1 saturated carbocycles. The number of nitrogens with zero attached hydrogens (tertiary/aromatic N) is 3. The molecule has 0 radical (unpaired) electrons. The highest BCUT2D eigenvalue weighted by Gasteiger charge is 2.19. The molecule has 1 aliphatic rings. The summed E-state index contributed by atoms with van der Waals surface area (Å²) in [6, 6.07) is 0.348. The topological polar surface area (TPSA) is 59.8 Å². The van der Waals surface area contributed by atoms with Crippen LogP contribution in [0.3, 0.4) is 0 Å². The Balaban J connectivity index is 1.66. The van der Waals surface area contributed by atoms with Crippen molar-refractivity contribution in [2.45, 2.75) is 83.5 Å². The Morgan fingerprint density at radius 2 is 2.00 bits per heavy atom. The van der Waals surface area contributed by atoms with Crippen molar-refractivity contribution >= 4 is 29.0 Å². The third-order valence-corrected chi connectivity index (χ3v) is 7.22. The largest absolute Gasteiger partial charge is 0.353 e. The second-order valence-corrected chi connectivity index (χ2v) is 9.36. The van der Waals surface area contributed by atoms with Crippen LogP contribution in [0.15, 0.2) is 10.5 Å². The van der Waals surface area contributed by atoms with Gasteiger partial charge in [-0.2, -0.15) is 0 Å². The molecule has 27 heavy (non-hydrogen) atoms. The first kappa shape index (κ1) is 20.4. The Labute approximate surface area is 170 Å². The maximum Gasteiger partial charge on any atom is 0.230 e. The maximum absolute atomic E-state index is 12.4. The van der Waals surface area contributed by atoms with Crippen LogP contribution in [-0.2, 0) is 11.3 Å². The molecule has 2 aromatic heterocycles. The van der Waals surface area contributed by atoms with E-state index in [1.54, 1.807) is 11.3 Å². The number of aryl methyl sites for hydroxylation is 1. The molecule has 1 fully saturated rings. The first-order valence-electron chi connectivity index (χ1n) is 10.0. The van der Waals surface area contributed by atoms with Crippen molar-refractivity contribution in [1.82, 2.24) is 20.1 Å². The second-order valence-electron chi connectivity index (χ2n) is 7.33. The molecule has 7 heteroatoms. The summed E-state index contributed by atoms with van der Waals surface area (Å²) in [5, 5.41) is 15.1. The molecule has 0 spiro atoms. The molecular formula is C20H30N4OS2. The van der Waals surface area contributed by atoms with Crippen LogP contribution in [0.5, 0.6) is 0 Å². The number of hydrogen-bond donors (Lipinski definition) is 1. The Hall–Kier alpha value is -1.34. The van der Waals surface area contributed by atoms with E-state index < -0.39 is 0 Å². The molecule has 0 bridgehead atoms. The summed E-state index contributed by atoms with van der Waals surface area (Å²) in [5.41, 5.74) is 2.43. The Morgan fingerprint density at radius 3 is 2.63 bits per heavy atom. The van der Waals surface area contributed by atoms with E-state index in [1.807, 2.05) is 0 Å². The van der Waals surface area contributed by atoms with Gasteiger partial charge in [-0.25, -0.2) is 0 Å². The van der Waals surface area contributed by atoms with Crippen LogP contribution in [0.2, 0.25) is 0 Å². The summed E-state index contributed by atoms with van der Waals surface area (Å²) in [6.45, 7) is 7.29. The summed E-state index contributed by atoms with van der Waals surface area (Å²) < 4.78 is 2.16. The SMILES string of the molecule is CCCn1c(SCC(=O)NC2CCCCCC2)nnc1-c1csc(C)c1C. The van der Waals surface area contributed by atoms with Crippen LogP contribution in [-0.4, -0.2) is 32.5 Å². The fraction of sp³-hybridized carbons (Fsp3) is 0.650. The quantitative estimate of drug-likeness (QED) is 0.521. The van der Waals surface area contributed by atoms with Crippen molar-refractivity contribution in [3.8, 4) is 11.4 Å². The van der Waals surface area contributed by atoms with Crippen molar-refractivity contribution in [2.24, 2.45) is 0 Å². The predicted octanol–water partition coefficient (Wildman–Crippen LogP) is 4.96. The molecule has 5 nitrogen and oxygen atoms in total. The lowest BCUT2D eigenvalue weighted by molar-refractivity contribution is -0.119. The zero-order valence-corrected chi connectivity index (χ0v) is 18.2. The van der Waals surface area contributed by atoms with Crippen LogP contribution < -0.4 is 5.32 Å². The Bertz CT molecular complexity index is 760. The van der Waals surface area contributed by atoms with Gasteiger partial charge >= 0.3 is 0 Å². The van der Waals surface area contributed by atoms with Crippen molar-refractivity contribution in [3.63, 3.8) is 0 Å². The van der Waals surface area contributed by atoms with Gasteiger partial charge < -0.3 is 9.88 Å². The molecule has 3 rings (SSSR count). The van der Waals surface area contributed by atoms with Gasteiger partial charge in [-0.05, 0) is 38.7 Å². The van der Waals surface area contributed by atoms with E-state index in [0.717, 1.165) is 42.4 Å². The number of aromatic nitrogens is 3. The molecule has 1 N–H and O–H groups in total. The maximum atomic E-state index is 12.4. The molecule has 2 heterocycles. The normalized spacial score (nSPS) is 15.7. The zero-order chi connectivity index (χ0) is 19.2. The smallest absolute Gasteiger partial charge is 0.230 e. The molecular weight excluding hydrogens is 376 g/mol. The summed E-state index contributed by atoms with van der Waals surface area (Å²) in [4.78, 5) is 13.7. The van der Waals surface area contributed by atoms with Gasteiger partial charge in [0, 0.05) is 28.4 Å². The van der Waals surface area contributed by atoms with E-state index >= 15 is 0 Å². The van der Waals surface area contributed by atoms with Gasteiger partial charge in [0.1, 0.15) is 0 Å². The number of rotatable bonds is 7. The summed E-state index contributed by atoms with van der Waals surface area (Å²) in [7, 11) is 0. The molecule has 0 saturated heterocycles. The fourth-order valence-corrected chi connectivity index (χ4v) is 5.22. The van der Waals surface area contributed by atoms with Crippen LogP contribution in [0.4, 0.5) is 0 Å². The molecule has 1 amide bonds. The number of carbonyl (C=O) groups is 1. The van der Waals surface area contributed by atoms with Crippen LogP contribution >= 0.6 is 23.1 Å². The number of hydrogen-bond acceptors (Lipinski definition) is 5. The van der Waals surface area contributed by atoms with Crippen molar-refractivity contribution in [1.29, 1.82) is 0 Å². The molecule has 1 aliphatic carbocycles. The molecule has 0 aromatic carbocycles. The monoisotopic (exact) mass is 406 g/mol. The van der Waals surface area contributed by atoms with Crippen LogP contribution in [0.25, 0.3) is 11.4 Å². The van der Waals surface area contributed by atoms with E-state index in [-0.39, 0.29) is 5.91 Å². The summed E-state index contributed by atoms with van der Waals surface area (Å²) in [5.74, 6) is 1.44. The summed E-state index contributed by atoms with van der Waals surface area (Å²) >= 11 is 3.25. The first-order chi connectivity index (χ1) is 13.1. The predicted molar refractivity (Wildman–Crippen MR) is 113 cm³/mol. The highest BCUT2D eigenvalue weighted by molar-refractivity contribution is 7.99. The molecule has 0 aliphatic heterocycles. The minimum Gasteiger partial charge on any atom is -0.353 e. The van der Waals surface area contributed by atoms with Gasteiger partial charge in [0.25, 0.3) is 0 Å². The third kappa shape index (κ3) is 5.13. The van der Waals surface area contributed by atoms with Crippen molar-refractivity contribution < 1.29 is 4.79 Å². The summed E-state index contributed by atoms with van der Waals surface area (Å²) in [6.07, 6.45) is 8.29. The van der Waals surface area contributed by atoms with Crippen molar-refractivity contribution in [3.05, 3.63) is 15.8 Å². The van der Waals surface area contributed by atoms with E-state index in [4.69, 9.17) is 0 Å². The van der Waals surface area contributed by atoms with Gasteiger partial charge in [0.2, 0.25) is 5.91 Å². The highest BCUT2D eigenvalue weighted by atomic mass is 32.2. The minimum atomic E-state index is 0.113. The Kier molecular flexibility index (Phi) is 7.35. The van der Waals surface area contributed by atoms with E-state index in [1.165, 1.54) is 47.9 Å². The number of carbonyl (C=O) groups excluding carboxylic acids is 1. The lowest BCUT2D eigenvalue weighted by Crippen LogP contribution is -2.35. The number of thiophene rings is 1. The van der Waals surface area contributed by atoms with Crippen LogP contribution in [0, 0.1) is 13.8 Å². The van der Waals surface area contributed by atoms with Gasteiger partial charge in [-0.1, -0.05) is 44.4 Å². The van der Waals surface area contributed by atoms with Gasteiger partial charge in [0.15, 0.2) is 11.0 Å². The van der Waals surface area contributed by atoms with E-state index in [0.29, 0.717) is 11.8 Å². The minimum absolute atomic E-state index is 0.113. The van der Waals surface area contributed by atoms with Gasteiger partial charge in [-0.15, -0.1) is 21.5 Å². The third-order valence-electron chi connectivity index (χ3n) is 5.24. The highest BCUT2D eigenvalue weighted by Crippen LogP contribution is 2.31. The van der Waals surface area contributed by atoms with E-state index in [2.05, 4.69) is 46.2 Å². The lowest BCUT2D eigenvalue weighted by atomic mass is 10.1. The lowest BCUT2D eigenvalue weighted by Gasteiger charge is -2.16. The number of thioether (sulfide) groups is 1. The molecule has 0 atom stereocenters. The zero-order valence-electron chi connectivity index (χ0n) is 16.6. The molecule has 2 aromatic rings. The van der Waals surface area contributed by atoms with Crippen molar-refractivity contribution in [2.75, 3.05) is 5.75 Å². The first-order valence-corrected chi connectivity index (χ1v) is 11.9. The molecule has 148 valence electrons. The average molecular weight is 407 g/mol. The standard InChI is InChI=1S/C20H30N4OS2/c1-4-11-24-19(17-12-26-15(3)14(17)2)22-23-20(24)27-13-18(25)21-16-9-7-5-6-8-10-16/h12,16H,4-11,13H2,1-3H3,(H,21,25). The average Bonchev–Trinajstić information content (AvgIpc) is 3.07. The number of nitrogens with one attached hydrogen (secondary N) is 1. The second kappa shape index (κ2) is 9.73. The Morgan fingerprint density at radius 1 is 1.26 bits per heavy atom. The van der Waals surface area contributed by atoms with Crippen LogP contribution in [0.1, 0.15) is 62.3 Å².